The molecule has 56 heavy (non-hydrogen) atoms. The average Bonchev–Trinajstić information content (AvgIpc) is 3.29. The SMILES string of the molecule is c1ccc(-c2nc(-c3ccc4cc(-c5nc(-c6ccccc6)nc(-c6ccccc6)n5)ccc4c3)cc(-c3c(-c4ccccc4)ccc4ccccc34)n2)cc1. The lowest BCUT2D eigenvalue weighted by Crippen LogP contribution is -2.00. The Morgan fingerprint density at radius 2 is 0.679 bits per heavy atom. The molecule has 10 aromatic rings. The first-order valence-corrected chi connectivity index (χ1v) is 18.7. The number of hydrogen-bond donors (Lipinski definition) is 0. The van der Waals surface area contributed by atoms with Crippen LogP contribution < -0.4 is 0 Å². The lowest BCUT2D eigenvalue weighted by Gasteiger charge is -2.16. The van der Waals surface area contributed by atoms with Crippen LogP contribution in [0.4, 0.5) is 0 Å². The molecule has 0 spiro atoms. The fourth-order valence-electron chi connectivity index (χ4n) is 7.33. The summed E-state index contributed by atoms with van der Waals surface area (Å²) in [4.78, 5) is 25.3. The van der Waals surface area contributed by atoms with Crippen LogP contribution >= 0.6 is 0 Å². The zero-order chi connectivity index (χ0) is 37.3. The predicted molar refractivity (Wildman–Crippen MR) is 228 cm³/mol. The third-order valence-corrected chi connectivity index (χ3v) is 10.1. The lowest BCUT2D eigenvalue weighted by molar-refractivity contribution is 1.07. The third-order valence-electron chi connectivity index (χ3n) is 10.1. The molecule has 0 aliphatic carbocycles. The molecule has 0 amide bonds. The number of rotatable bonds is 7. The van der Waals surface area contributed by atoms with Crippen LogP contribution in [0.15, 0.2) is 200 Å². The van der Waals surface area contributed by atoms with Crippen LogP contribution in [0, 0.1) is 0 Å². The van der Waals surface area contributed by atoms with Gasteiger partial charge in [-0.3, -0.25) is 0 Å². The van der Waals surface area contributed by atoms with Crippen molar-refractivity contribution in [3.05, 3.63) is 200 Å². The van der Waals surface area contributed by atoms with Crippen LogP contribution in [0.5, 0.6) is 0 Å². The maximum atomic E-state index is 5.27. The van der Waals surface area contributed by atoms with Gasteiger partial charge in [-0.25, -0.2) is 24.9 Å². The Bertz CT molecular complexity index is 2950. The Morgan fingerprint density at radius 1 is 0.250 bits per heavy atom. The van der Waals surface area contributed by atoms with Gasteiger partial charge in [0, 0.05) is 33.4 Å². The van der Waals surface area contributed by atoms with E-state index in [1.165, 1.54) is 0 Å². The first-order chi connectivity index (χ1) is 27.7. The quantitative estimate of drug-likeness (QED) is 0.164. The van der Waals surface area contributed by atoms with Gasteiger partial charge in [0.2, 0.25) is 0 Å². The summed E-state index contributed by atoms with van der Waals surface area (Å²) in [7, 11) is 0. The van der Waals surface area contributed by atoms with E-state index in [0.29, 0.717) is 23.3 Å². The fraction of sp³-hybridized carbons (Fsp3) is 0. The van der Waals surface area contributed by atoms with Gasteiger partial charge < -0.3 is 0 Å². The molecule has 2 aromatic heterocycles. The first kappa shape index (κ1) is 33.0. The van der Waals surface area contributed by atoms with Crippen molar-refractivity contribution in [2.24, 2.45) is 0 Å². The summed E-state index contributed by atoms with van der Waals surface area (Å²) in [5, 5.41) is 4.47. The van der Waals surface area contributed by atoms with Crippen molar-refractivity contribution < 1.29 is 0 Å². The highest BCUT2D eigenvalue weighted by molar-refractivity contribution is 6.04. The Hall–Kier alpha value is -7.63. The second kappa shape index (κ2) is 14.3. The van der Waals surface area contributed by atoms with Crippen LogP contribution in [-0.4, -0.2) is 24.9 Å². The van der Waals surface area contributed by atoms with Gasteiger partial charge in [0.15, 0.2) is 23.3 Å². The summed E-state index contributed by atoms with van der Waals surface area (Å²) in [6, 6.07) is 68.8. The molecule has 8 aromatic carbocycles. The van der Waals surface area contributed by atoms with Crippen LogP contribution in [0.25, 0.3) is 101 Å². The molecule has 2 heterocycles. The maximum absolute atomic E-state index is 5.27. The molecule has 0 saturated carbocycles. The standard InChI is InChI=1S/C51H33N5/c1-5-15-34(16-6-1)44-30-29-35-17-13-14-24-43(35)47(44)46-33-45(52-48(53-46)36-18-7-2-8-19-36)41-27-25-40-32-42(28-26-39(40)31-41)51-55-49(37-20-9-3-10-21-37)54-50(56-51)38-22-11-4-12-23-38/h1-33H. The summed E-state index contributed by atoms with van der Waals surface area (Å²) in [6.07, 6.45) is 0. The van der Waals surface area contributed by atoms with Crippen LogP contribution in [0.3, 0.4) is 0 Å². The molecule has 0 atom stereocenters. The second-order valence-electron chi connectivity index (χ2n) is 13.7. The minimum Gasteiger partial charge on any atom is -0.228 e. The number of nitrogens with zero attached hydrogens (tertiary/aromatic N) is 5. The number of hydrogen-bond acceptors (Lipinski definition) is 5. The Labute approximate surface area is 324 Å². The Kier molecular flexibility index (Phi) is 8.43. The second-order valence-corrected chi connectivity index (χ2v) is 13.7. The van der Waals surface area contributed by atoms with Gasteiger partial charge in [0.1, 0.15) is 0 Å². The van der Waals surface area contributed by atoms with E-state index in [2.05, 4.69) is 121 Å². The molecule has 0 saturated heterocycles. The predicted octanol–water partition coefficient (Wildman–Crippen LogP) is 12.6. The molecule has 10 rings (SSSR count). The van der Waals surface area contributed by atoms with Crippen molar-refractivity contribution in [1.82, 2.24) is 24.9 Å². The number of benzene rings is 8. The summed E-state index contributed by atoms with van der Waals surface area (Å²) < 4.78 is 0. The van der Waals surface area contributed by atoms with Crippen molar-refractivity contribution in [1.29, 1.82) is 0 Å². The maximum Gasteiger partial charge on any atom is 0.164 e. The molecule has 5 heteroatoms. The Morgan fingerprint density at radius 3 is 1.27 bits per heavy atom. The molecule has 0 unspecified atom stereocenters. The molecule has 262 valence electrons. The van der Waals surface area contributed by atoms with Crippen molar-refractivity contribution in [2.45, 2.75) is 0 Å². The lowest BCUT2D eigenvalue weighted by atomic mass is 9.91. The molecule has 0 radical (unpaired) electrons. The van der Waals surface area contributed by atoms with Gasteiger partial charge >= 0.3 is 0 Å². The first-order valence-electron chi connectivity index (χ1n) is 18.7. The number of fused-ring (bicyclic) bond motifs is 2. The summed E-state index contributed by atoms with van der Waals surface area (Å²) in [5.41, 5.74) is 9.85. The minimum absolute atomic E-state index is 0.626. The van der Waals surface area contributed by atoms with Crippen molar-refractivity contribution in [3.63, 3.8) is 0 Å². The topological polar surface area (TPSA) is 64.5 Å². The van der Waals surface area contributed by atoms with E-state index < -0.39 is 0 Å². The summed E-state index contributed by atoms with van der Waals surface area (Å²) >= 11 is 0. The zero-order valence-electron chi connectivity index (χ0n) is 30.3. The third kappa shape index (κ3) is 6.37. The van der Waals surface area contributed by atoms with Gasteiger partial charge in [-0.2, -0.15) is 0 Å². The van der Waals surface area contributed by atoms with Crippen molar-refractivity contribution in [2.75, 3.05) is 0 Å². The molecule has 0 aliphatic heterocycles. The highest BCUT2D eigenvalue weighted by Crippen LogP contribution is 2.40. The van der Waals surface area contributed by atoms with Crippen molar-refractivity contribution in [3.8, 4) is 79.2 Å². The smallest absolute Gasteiger partial charge is 0.164 e. The number of aromatic nitrogens is 5. The van der Waals surface area contributed by atoms with E-state index in [1.807, 2.05) is 78.9 Å². The molecule has 0 fully saturated rings. The van der Waals surface area contributed by atoms with Gasteiger partial charge in [0.05, 0.1) is 11.4 Å². The normalized spacial score (nSPS) is 11.2. The van der Waals surface area contributed by atoms with Gasteiger partial charge in [-0.15, -0.1) is 0 Å². The minimum atomic E-state index is 0.626. The molecule has 0 N–H and O–H groups in total. The summed E-state index contributed by atoms with van der Waals surface area (Å²) in [6.45, 7) is 0. The van der Waals surface area contributed by atoms with Gasteiger partial charge in [-0.05, 0) is 50.9 Å². The van der Waals surface area contributed by atoms with Crippen LogP contribution in [0.1, 0.15) is 0 Å². The van der Waals surface area contributed by atoms with E-state index in [0.717, 1.165) is 77.4 Å². The molecular weight excluding hydrogens is 683 g/mol. The molecule has 0 bridgehead atoms. The van der Waals surface area contributed by atoms with Gasteiger partial charge in [0.25, 0.3) is 0 Å². The average molecular weight is 716 g/mol. The van der Waals surface area contributed by atoms with E-state index in [4.69, 9.17) is 24.9 Å². The monoisotopic (exact) mass is 715 g/mol. The molecular formula is C51H33N5. The molecule has 5 nitrogen and oxygen atoms in total. The Balaban J connectivity index is 1.11. The largest absolute Gasteiger partial charge is 0.228 e. The van der Waals surface area contributed by atoms with E-state index >= 15 is 0 Å². The van der Waals surface area contributed by atoms with E-state index in [-0.39, 0.29) is 0 Å². The fourth-order valence-corrected chi connectivity index (χ4v) is 7.33. The molecule has 0 aliphatic rings. The van der Waals surface area contributed by atoms with Gasteiger partial charge in [-0.1, -0.05) is 182 Å². The summed E-state index contributed by atoms with van der Waals surface area (Å²) in [5.74, 6) is 2.58. The van der Waals surface area contributed by atoms with Crippen LogP contribution in [-0.2, 0) is 0 Å². The highest BCUT2D eigenvalue weighted by Gasteiger charge is 2.18. The van der Waals surface area contributed by atoms with Crippen LogP contribution in [0.2, 0.25) is 0 Å². The van der Waals surface area contributed by atoms with Crippen molar-refractivity contribution >= 4 is 21.5 Å². The van der Waals surface area contributed by atoms with E-state index in [1.54, 1.807) is 0 Å². The highest BCUT2D eigenvalue weighted by atomic mass is 15.0. The van der Waals surface area contributed by atoms with E-state index in [9.17, 15) is 0 Å². The zero-order valence-corrected chi connectivity index (χ0v) is 30.3.